The van der Waals surface area contributed by atoms with Gasteiger partial charge in [-0.15, -0.1) is 0 Å². The second-order valence-electron chi connectivity index (χ2n) is 5.59. The number of hydrogen-bond donors (Lipinski definition) is 0. The lowest BCUT2D eigenvalue weighted by Crippen LogP contribution is -2.46. The molecule has 0 bridgehead atoms. The van der Waals surface area contributed by atoms with E-state index < -0.39 is 4.92 Å². The maximum absolute atomic E-state index is 11.7. The molecule has 1 aromatic heterocycles. The molecule has 2 aromatic rings. The van der Waals surface area contributed by atoms with Crippen molar-refractivity contribution in [2.24, 2.45) is 0 Å². The fraction of sp³-hybridized carbons (Fsp3) is 0.375. The highest BCUT2D eigenvalue weighted by atomic mass is 79.9. The van der Waals surface area contributed by atoms with Crippen LogP contribution in [0.3, 0.4) is 0 Å². The van der Waals surface area contributed by atoms with E-state index in [1.165, 1.54) is 6.33 Å². The zero-order chi connectivity index (χ0) is 17.8. The zero-order valence-corrected chi connectivity index (χ0v) is 15.3. The molecule has 9 heteroatoms. The molecule has 0 spiro atoms. The van der Waals surface area contributed by atoms with E-state index >= 15 is 0 Å². The van der Waals surface area contributed by atoms with Gasteiger partial charge in [0.15, 0.2) is 0 Å². The standard InChI is InChI=1S/C16H18BrN5O3/c1-2-20-7-9-21(10-8-20)15-14(22(23)24)16(19-11-18-15)25-13-5-3-12(17)4-6-13/h3-6,11H,2,7-10H2,1H3. The van der Waals surface area contributed by atoms with Crippen molar-refractivity contribution in [2.75, 3.05) is 37.6 Å². The summed E-state index contributed by atoms with van der Waals surface area (Å²) in [5.41, 5.74) is -0.199. The molecule has 0 saturated carbocycles. The Balaban J connectivity index is 1.89. The van der Waals surface area contributed by atoms with Gasteiger partial charge in [-0.3, -0.25) is 10.1 Å². The molecule has 3 rings (SSSR count). The molecule has 0 N–H and O–H groups in total. The molecule has 1 aliphatic rings. The van der Waals surface area contributed by atoms with Gasteiger partial charge < -0.3 is 14.5 Å². The quantitative estimate of drug-likeness (QED) is 0.555. The lowest BCUT2D eigenvalue weighted by molar-refractivity contribution is -0.385. The maximum atomic E-state index is 11.7. The largest absolute Gasteiger partial charge is 0.434 e. The fourth-order valence-corrected chi connectivity index (χ4v) is 2.97. The Kier molecular flexibility index (Phi) is 5.44. The summed E-state index contributed by atoms with van der Waals surface area (Å²) >= 11 is 3.34. The normalized spacial score (nSPS) is 15.2. The Morgan fingerprint density at radius 2 is 1.88 bits per heavy atom. The first-order valence-electron chi connectivity index (χ1n) is 7.98. The average Bonchev–Trinajstić information content (AvgIpc) is 2.63. The van der Waals surface area contributed by atoms with Crippen LogP contribution in [0.4, 0.5) is 11.5 Å². The number of hydrogen-bond acceptors (Lipinski definition) is 7. The Morgan fingerprint density at radius 1 is 1.20 bits per heavy atom. The summed E-state index contributed by atoms with van der Waals surface area (Å²) in [4.78, 5) is 23.5. The maximum Gasteiger partial charge on any atom is 0.373 e. The summed E-state index contributed by atoms with van der Waals surface area (Å²) < 4.78 is 6.54. The minimum absolute atomic E-state index is 0.0461. The molecule has 1 fully saturated rings. The van der Waals surface area contributed by atoms with Crippen LogP contribution in [0.1, 0.15) is 6.92 Å². The van der Waals surface area contributed by atoms with Gasteiger partial charge in [-0.1, -0.05) is 22.9 Å². The topological polar surface area (TPSA) is 84.6 Å². The first-order valence-corrected chi connectivity index (χ1v) is 8.78. The number of halogens is 1. The highest BCUT2D eigenvalue weighted by molar-refractivity contribution is 9.10. The van der Waals surface area contributed by atoms with Gasteiger partial charge in [0.25, 0.3) is 0 Å². The third-order valence-electron chi connectivity index (χ3n) is 4.10. The first kappa shape index (κ1) is 17.6. The summed E-state index contributed by atoms with van der Waals surface area (Å²) in [5, 5.41) is 11.7. The predicted molar refractivity (Wildman–Crippen MR) is 97.2 cm³/mol. The number of benzene rings is 1. The van der Waals surface area contributed by atoms with Crippen molar-refractivity contribution in [3.05, 3.63) is 45.2 Å². The predicted octanol–water partition coefficient (Wildman–Crippen LogP) is 3.08. The van der Waals surface area contributed by atoms with E-state index in [4.69, 9.17) is 4.74 Å². The summed E-state index contributed by atoms with van der Waals surface area (Å²) in [7, 11) is 0. The molecule has 1 saturated heterocycles. The van der Waals surface area contributed by atoms with E-state index in [1.54, 1.807) is 24.3 Å². The molecule has 0 amide bonds. The van der Waals surface area contributed by atoms with Gasteiger partial charge in [0.2, 0.25) is 5.82 Å². The second-order valence-corrected chi connectivity index (χ2v) is 6.50. The number of ether oxygens (including phenoxy) is 1. The van der Waals surface area contributed by atoms with E-state index in [2.05, 4.69) is 37.7 Å². The van der Waals surface area contributed by atoms with E-state index in [0.29, 0.717) is 24.7 Å². The Morgan fingerprint density at radius 3 is 2.48 bits per heavy atom. The molecule has 2 heterocycles. The number of likely N-dealkylation sites (N-methyl/N-ethyl adjacent to an activating group) is 1. The van der Waals surface area contributed by atoms with Crippen LogP contribution in [-0.2, 0) is 0 Å². The van der Waals surface area contributed by atoms with Crippen LogP contribution in [0.5, 0.6) is 11.6 Å². The van der Waals surface area contributed by atoms with Crippen molar-refractivity contribution in [3.63, 3.8) is 0 Å². The van der Waals surface area contributed by atoms with Gasteiger partial charge in [-0.25, -0.2) is 4.98 Å². The minimum atomic E-state index is -0.476. The van der Waals surface area contributed by atoms with E-state index in [9.17, 15) is 10.1 Å². The van der Waals surface area contributed by atoms with Gasteiger partial charge in [0, 0.05) is 30.7 Å². The van der Waals surface area contributed by atoms with Crippen LogP contribution in [0.25, 0.3) is 0 Å². The minimum Gasteiger partial charge on any atom is -0.434 e. The lowest BCUT2D eigenvalue weighted by Gasteiger charge is -2.34. The van der Waals surface area contributed by atoms with E-state index in [0.717, 1.165) is 24.1 Å². The van der Waals surface area contributed by atoms with Crippen LogP contribution in [0.15, 0.2) is 35.1 Å². The van der Waals surface area contributed by atoms with Crippen LogP contribution in [-0.4, -0.2) is 52.5 Å². The monoisotopic (exact) mass is 407 g/mol. The van der Waals surface area contributed by atoms with Crippen molar-refractivity contribution < 1.29 is 9.66 Å². The van der Waals surface area contributed by atoms with E-state index in [-0.39, 0.29) is 11.6 Å². The van der Waals surface area contributed by atoms with Crippen molar-refractivity contribution in [2.45, 2.75) is 6.92 Å². The van der Waals surface area contributed by atoms with Gasteiger partial charge >= 0.3 is 11.6 Å². The molecule has 0 aliphatic carbocycles. The van der Waals surface area contributed by atoms with Crippen LogP contribution in [0, 0.1) is 10.1 Å². The van der Waals surface area contributed by atoms with Crippen molar-refractivity contribution in [1.82, 2.24) is 14.9 Å². The summed E-state index contributed by atoms with van der Waals surface area (Å²) in [6, 6.07) is 7.03. The fourth-order valence-electron chi connectivity index (χ4n) is 2.71. The summed E-state index contributed by atoms with van der Waals surface area (Å²) in [5.74, 6) is 0.741. The van der Waals surface area contributed by atoms with E-state index in [1.807, 2.05) is 4.90 Å². The summed E-state index contributed by atoms with van der Waals surface area (Å²) in [6.07, 6.45) is 1.31. The second kappa shape index (κ2) is 7.75. The number of rotatable bonds is 5. The third-order valence-corrected chi connectivity index (χ3v) is 4.63. The van der Waals surface area contributed by atoms with Gasteiger partial charge in [-0.05, 0) is 30.8 Å². The average molecular weight is 408 g/mol. The summed E-state index contributed by atoms with van der Waals surface area (Å²) in [6.45, 7) is 6.14. The number of aromatic nitrogens is 2. The Bertz CT molecular complexity index is 748. The lowest BCUT2D eigenvalue weighted by atomic mass is 10.3. The molecule has 0 unspecified atom stereocenters. The highest BCUT2D eigenvalue weighted by Gasteiger charge is 2.30. The molecule has 1 aromatic carbocycles. The third kappa shape index (κ3) is 4.05. The molecular formula is C16H18BrN5O3. The molecule has 8 nitrogen and oxygen atoms in total. The highest BCUT2D eigenvalue weighted by Crippen LogP contribution is 2.36. The number of nitro groups is 1. The van der Waals surface area contributed by atoms with Crippen LogP contribution in [0.2, 0.25) is 0 Å². The molecule has 25 heavy (non-hydrogen) atoms. The van der Waals surface area contributed by atoms with Crippen molar-refractivity contribution >= 4 is 27.4 Å². The molecule has 1 aliphatic heterocycles. The van der Waals surface area contributed by atoms with Crippen LogP contribution < -0.4 is 9.64 Å². The van der Waals surface area contributed by atoms with Crippen LogP contribution >= 0.6 is 15.9 Å². The van der Waals surface area contributed by atoms with Crippen molar-refractivity contribution in [1.29, 1.82) is 0 Å². The number of piperazine rings is 1. The van der Waals surface area contributed by atoms with Gasteiger partial charge in [0.1, 0.15) is 12.1 Å². The SMILES string of the molecule is CCN1CCN(c2ncnc(Oc3ccc(Br)cc3)c2[N+](=O)[O-])CC1. The smallest absolute Gasteiger partial charge is 0.373 e. The van der Waals surface area contributed by atoms with Gasteiger partial charge in [-0.2, -0.15) is 4.98 Å². The first-order chi connectivity index (χ1) is 12.1. The molecule has 0 atom stereocenters. The molecular weight excluding hydrogens is 390 g/mol. The zero-order valence-electron chi connectivity index (χ0n) is 13.8. The van der Waals surface area contributed by atoms with Crippen molar-refractivity contribution in [3.8, 4) is 11.6 Å². The molecule has 132 valence electrons. The Labute approximate surface area is 153 Å². The van der Waals surface area contributed by atoms with Gasteiger partial charge in [0.05, 0.1) is 4.92 Å². The Hall–Kier alpha value is -2.26. The number of nitrogens with zero attached hydrogens (tertiary/aromatic N) is 5. The number of anilines is 1. The molecule has 0 radical (unpaired) electrons.